The highest BCUT2D eigenvalue weighted by Crippen LogP contribution is 2.28. The van der Waals surface area contributed by atoms with Crippen LogP contribution in [-0.2, 0) is 11.3 Å². The lowest BCUT2D eigenvalue weighted by Gasteiger charge is -2.16. The van der Waals surface area contributed by atoms with Crippen molar-refractivity contribution in [2.45, 2.75) is 19.4 Å². The molecule has 0 aliphatic heterocycles. The third kappa shape index (κ3) is 5.01. The van der Waals surface area contributed by atoms with Crippen LogP contribution in [-0.4, -0.2) is 42.8 Å². The minimum atomic E-state index is -0.881. The monoisotopic (exact) mass is 263 g/mol. The number of rotatable bonds is 8. The van der Waals surface area contributed by atoms with E-state index in [0.717, 1.165) is 37.8 Å². The second kappa shape index (κ2) is 6.68. The topological polar surface area (TPSA) is 49.8 Å². The summed E-state index contributed by atoms with van der Waals surface area (Å²) in [6, 6.07) is 7.03. The molecule has 1 aliphatic rings. The van der Waals surface area contributed by atoms with E-state index in [4.69, 9.17) is 9.84 Å². The number of ether oxygens (including phenoxy) is 1. The minimum absolute atomic E-state index is 0.333. The molecule has 0 aromatic heterocycles. The number of hydrogen-bond donors (Lipinski definition) is 1. The fourth-order valence-corrected chi connectivity index (χ4v) is 1.90. The highest BCUT2D eigenvalue weighted by Gasteiger charge is 2.20. The van der Waals surface area contributed by atoms with Crippen molar-refractivity contribution in [3.63, 3.8) is 0 Å². The first-order valence-electron chi connectivity index (χ1n) is 6.73. The van der Waals surface area contributed by atoms with Crippen LogP contribution in [0.3, 0.4) is 0 Å². The summed E-state index contributed by atoms with van der Waals surface area (Å²) < 4.78 is 5.60. The number of hydrogen-bond acceptors (Lipinski definition) is 3. The minimum Gasteiger partial charge on any atom is -0.478 e. The molecule has 0 bridgehead atoms. The van der Waals surface area contributed by atoms with E-state index in [-0.39, 0.29) is 0 Å². The van der Waals surface area contributed by atoms with Crippen LogP contribution < -0.4 is 0 Å². The number of carbonyl (C=O) groups is 1. The summed E-state index contributed by atoms with van der Waals surface area (Å²) in [4.78, 5) is 12.9. The van der Waals surface area contributed by atoms with Gasteiger partial charge in [-0.15, -0.1) is 0 Å². The molecule has 1 fully saturated rings. The molecule has 1 aliphatic carbocycles. The van der Waals surface area contributed by atoms with E-state index in [9.17, 15) is 4.79 Å². The van der Waals surface area contributed by atoms with Crippen molar-refractivity contribution >= 4 is 5.97 Å². The van der Waals surface area contributed by atoms with Gasteiger partial charge in [-0.3, -0.25) is 4.90 Å². The van der Waals surface area contributed by atoms with Gasteiger partial charge in [-0.25, -0.2) is 4.79 Å². The molecule has 2 rings (SSSR count). The average Bonchev–Trinajstić information content (AvgIpc) is 3.19. The molecule has 0 atom stereocenters. The summed E-state index contributed by atoms with van der Waals surface area (Å²) in [7, 11) is 2.05. The van der Waals surface area contributed by atoms with Crippen LogP contribution in [0.5, 0.6) is 0 Å². The Morgan fingerprint density at radius 3 is 2.63 bits per heavy atom. The van der Waals surface area contributed by atoms with Crippen LogP contribution in [0.1, 0.15) is 28.8 Å². The van der Waals surface area contributed by atoms with E-state index in [2.05, 4.69) is 4.90 Å². The Balaban J connectivity index is 1.68. The molecule has 4 heteroatoms. The predicted molar refractivity (Wildman–Crippen MR) is 73.3 cm³/mol. The molecular weight excluding hydrogens is 242 g/mol. The molecule has 1 aromatic rings. The lowest BCUT2D eigenvalue weighted by Crippen LogP contribution is -2.23. The van der Waals surface area contributed by atoms with E-state index in [1.54, 1.807) is 12.1 Å². The zero-order valence-electron chi connectivity index (χ0n) is 11.3. The summed E-state index contributed by atoms with van der Waals surface area (Å²) in [6.07, 6.45) is 2.65. The Labute approximate surface area is 114 Å². The van der Waals surface area contributed by atoms with Gasteiger partial charge in [0.15, 0.2) is 0 Å². The summed E-state index contributed by atoms with van der Waals surface area (Å²) in [5, 5.41) is 8.82. The van der Waals surface area contributed by atoms with Gasteiger partial charge < -0.3 is 9.84 Å². The first kappa shape index (κ1) is 14.0. The fraction of sp³-hybridized carbons (Fsp3) is 0.533. The number of nitrogens with zero attached hydrogens (tertiary/aromatic N) is 1. The van der Waals surface area contributed by atoms with Crippen molar-refractivity contribution in [1.29, 1.82) is 0 Å². The molecule has 0 saturated heterocycles. The van der Waals surface area contributed by atoms with Crippen LogP contribution >= 0.6 is 0 Å². The number of likely N-dealkylation sites (N-methyl/N-ethyl adjacent to an activating group) is 1. The predicted octanol–water partition coefficient (Wildman–Crippen LogP) is 2.24. The molecule has 0 unspecified atom stereocenters. The van der Waals surface area contributed by atoms with Gasteiger partial charge in [0.25, 0.3) is 0 Å². The van der Waals surface area contributed by atoms with Crippen molar-refractivity contribution in [2.75, 3.05) is 26.8 Å². The maximum absolute atomic E-state index is 10.7. The van der Waals surface area contributed by atoms with E-state index >= 15 is 0 Å². The van der Waals surface area contributed by atoms with Crippen molar-refractivity contribution in [1.82, 2.24) is 4.90 Å². The summed E-state index contributed by atoms with van der Waals surface area (Å²) in [5.74, 6) is -0.0674. The van der Waals surface area contributed by atoms with Crippen molar-refractivity contribution in [2.24, 2.45) is 5.92 Å². The van der Waals surface area contributed by atoms with Gasteiger partial charge in [-0.2, -0.15) is 0 Å². The van der Waals surface area contributed by atoms with Crippen LogP contribution in [0.2, 0.25) is 0 Å². The number of aromatic carboxylic acids is 1. The Morgan fingerprint density at radius 2 is 2.05 bits per heavy atom. The molecule has 1 saturated carbocycles. The Morgan fingerprint density at radius 1 is 1.37 bits per heavy atom. The first-order valence-corrected chi connectivity index (χ1v) is 6.73. The van der Waals surface area contributed by atoms with Crippen LogP contribution in [0.25, 0.3) is 0 Å². The highest BCUT2D eigenvalue weighted by atomic mass is 16.5. The van der Waals surface area contributed by atoms with E-state index in [1.807, 2.05) is 19.2 Å². The standard InChI is InChI=1S/C15H21NO3/c1-16(8-9-19-11-13-2-3-13)10-12-4-6-14(7-5-12)15(17)18/h4-7,13H,2-3,8-11H2,1H3,(H,17,18). The van der Waals surface area contributed by atoms with Gasteiger partial charge in [-0.05, 0) is 43.5 Å². The lowest BCUT2D eigenvalue weighted by molar-refractivity contribution is 0.0697. The normalized spacial score (nSPS) is 14.8. The number of benzene rings is 1. The molecule has 0 amide bonds. The van der Waals surface area contributed by atoms with Crippen LogP contribution in [0, 0.1) is 5.92 Å². The van der Waals surface area contributed by atoms with Gasteiger partial charge in [0.2, 0.25) is 0 Å². The van der Waals surface area contributed by atoms with Crippen molar-refractivity contribution in [3.05, 3.63) is 35.4 Å². The number of carboxylic acids is 1. The van der Waals surface area contributed by atoms with Gasteiger partial charge in [0.05, 0.1) is 12.2 Å². The maximum atomic E-state index is 10.7. The molecule has 104 valence electrons. The van der Waals surface area contributed by atoms with E-state index in [1.165, 1.54) is 12.8 Å². The Kier molecular flexibility index (Phi) is 4.93. The summed E-state index contributed by atoms with van der Waals surface area (Å²) in [5.41, 5.74) is 1.45. The molecule has 0 heterocycles. The smallest absolute Gasteiger partial charge is 0.335 e. The van der Waals surface area contributed by atoms with Gasteiger partial charge in [-0.1, -0.05) is 12.1 Å². The maximum Gasteiger partial charge on any atom is 0.335 e. The van der Waals surface area contributed by atoms with Gasteiger partial charge in [0, 0.05) is 19.7 Å². The fourth-order valence-electron chi connectivity index (χ4n) is 1.90. The summed E-state index contributed by atoms with van der Waals surface area (Å²) in [6.45, 7) is 3.38. The lowest BCUT2D eigenvalue weighted by atomic mass is 10.1. The zero-order valence-corrected chi connectivity index (χ0v) is 11.3. The van der Waals surface area contributed by atoms with Crippen molar-refractivity contribution < 1.29 is 14.6 Å². The van der Waals surface area contributed by atoms with Crippen molar-refractivity contribution in [3.8, 4) is 0 Å². The van der Waals surface area contributed by atoms with Gasteiger partial charge >= 0.3 is 5.97 Å². The molecule has 4 nitrogen and oxygen atoms in total. The largest absolute Gasteiger partial charge is 0.478 e. The van der Waals surface area contributed by atoms with E-state index < -0.39 is 5.97 Å². The third-order valence-corrected chi connectivity index (χ3v) is 3.32. The average molecular weight is 263 g/mol. The second-order valence-electron chi connectivity index (χ2n) is 5.26. The molecule has 1 N–H and O–H groups in total. The number of carboxylic acid groups (broad SMARTS) is 1. The molecular formula is C15H21NO3. The Hall–Kier alpha value is -1.39. The highest BCUT2D eigenvalue weighted by molar-refractivity contribution is 5.87. The van der Waals surface area contributed by atoms with E-state index in [0.29, 0.717) is 5.56 Å². The van der Waals surface area contributed by atoms with Crippen LogP contribution in [0.15, 0.2) is 24.3 Å². The third-order valence-electron chi connectivity index (χ3n) is 3.32. The van der Waals surface area contributed by atoms with Gasteiger partial charge in [0.1, 0.15) is 0 Å². The molecule has 0 spiro atoms. The molecule has 1 aromatic carbocycles. The quantitative estimate of drug-likeness (QED) is 0.731. The SMILES string of the molecule is CN(CCOCC1CC1)Cc1ccc(C(=O)O)cc1. The molecule has 19 heavy (non-hydrogen) atoms. The first-order chi connectivity index (χ1) is 9.15. The second-order valence-corrected chi connectivity index (χ2v) is 5.26. The molecule has 0 radical (unpaired) electrons. The Bertz CT molecular complexity index is 412. The van der Waals surface area contributed by atoms with Crippen LogP contribution in [0.4, 0.5) is 0 Å². The zero-order chi connectivity index (χ0) is 13.7. The summed E-state index contributed by atoms with van der Waals surface area (Å²) >= 11 is 0.